The molecule has 0 atom stereocenters. The van der Waals surface area contributed by atoms with Crippen molar-refractivity contribution in [3.05, 3.63) is 39.9 Å². The largest absolute Gasteiger partial charge is 0.381 e. The fraction of sp³-hybridized carbons (Fsp3) is 0.462. The van der Waals surface area contributed by atoms with Gasteiger partial charge in [-0.3, -0.25) is 14.9 Å². The van der Waals surface area contributed by atoms with Gasteiger partial charge >= 0.3 is 0 Å². The summed E-state index contributed by atoms with van der Waals surface area (Å²) in [5.74, 6) is 0.0613. The molecule has 0 bridgehead atoms. The standard InChI is InChI=1S/C13H15NO4/c15-13(10-5-7-18-8-6-10)9-11-3-1-2-4-12(11)14(16)17/h1-4,10H,5-9H2. The molecule has 5 nitrogen and oxygen atoms in total. The van der Waals surface area contributed by atoms with Gasteiger partial charge in [0.1, 0.15) is 5.78 Å². The lowest BCUT2D eigenvalue weighted by Gasteiger charge is -2.20. The Kier molecular flexibility index (Phi) is 4.04. The summed E-state index contributed by atoms with van der Waals surface area (Å²) in [5.41, 5.74) is 0.525. The van der Waals surface area contributed by atoms with Crippen LogP contribution >= 0.6 is 0 Å². The summed E-state index contributed by atoms with van der Waals surface area (Å²) in [4.78, 5) is 22.5. The zero-order valence-electron chi connectivity index (χ0n) is 10.0. The molecule has 0 aromatic heterocycles. The van der Waals surface area contributed by atoms with Crippen LogP contribution in [-0.4, -0.2) is 23.9 Å². The van der Waals surface area contributed by atoms with Crippen LogP contribution in [-0.2, 0) is 16.0 Å². The number of Topliss-reactive ketones (excluding diaryl/α,β-unsaturated/α-hetero) is 1. The smallest absolute Gasteiger partial charge is 0.273 e. The normalized spacial score (nSPS) is 16.4. The fourth-order valence-corrected chi connectivity index (χ4v) is 2.19. The fourth-order valence-electron chi connectivity index (χ4n) is 2.19. The molecule has 1 fully saturated rings. The molecule has 1 heterocycles. The van der Waals surface area contributed by atoms with Crippen LogP contribution < -0.4 is 0 Å². The Hall–Kier alpha value is -1.75. The molecule has 18 heavy (non-hydrogen) atoms. The lowest BCUT2D eigenvalue weighted by molar-refractivity contribution is -0.385. The summed E-state index contributed by atoms with van der Waals surface area (Å²) in [6.45, 7) is 1.21. The molecule has 0 unspecified atom stereocenters. The maximum atomic E-state index is 12.1. The van der Waals surface area contributed by atoms with Crippen LogP contribution in [0.25, 0.3) is 0 Å². The molecule has 0 saturated carbocycles. The van der Waals surface area contributed by atoms with Gasteiger partial charge < -0.3 is 4.74 Å². The number of benzene rings is 1. The first-order valence-corrected chi connectivity index (χ1v) is 6.01. The Morgan fingerprint density at radius 1 is 1.33 bits per heavy atom. The summed E-state index contributed by atoms with van der Waals surface area (Å²) in [6.07, 6.45) is 1.58. The predicted octanol–water partition coefficient (Wildman–Crippen LogP) is 2.13. The van der Waals surface area contributed by atoms with Crippen LogP contribution in [0.3, 0.4) is 0 Å². The Labute approximate surface area is 105 Å². The second-order valence-electron chi connectivity index (χ2n) is 4.42. The number of nitro groups is 1. The van der Waals surface area contributed by atoms with Crippen molar-refractivity contribution in [2.75, 3.05) is 13.2 Å². The Bertz CT molecular complexity index is 452. The van der Waals surface area contributed by atoms with Gasteiger partial charge in [0.15, 0.2) is 0 Å². The molecule has 0 N–H and O–H groups in total. The quantitative estimate of drug-likeness (QED) is 0.605. The Morgan fingerprint density at radius 3 is 2.67 bits per heavy atom. The second-order valence-corrected chi connectivity index (χ2v) is 4.42. The lowest BCUT2D eigenvalue weighted by Crippen LogP contribution is -2.24. The zero-order chi connectivity index (χ0) is 13.0. The summed E-state index contributed by atoms with van der Waals surface area (Å²) >= 11 is 0. The van der Waals surface area contributed by atoms with Gasteiger partial charge in [-0.05, 0) is 12.8 Å². The highest BCUT2D eigenvalue weighted by Crippen LogP contribution is 2.22. The number of hydrogen-bond acceptors (Lipinski definition) is 4. The summed E-state index contributed by atoms with van der Waals surface area (Å²) in [5, 5.41) is 10.9. The van der Waals surface area contributed by atoms with Gasteiger partial charge in [0.2, 0.25) is 0 Å². The molecule has 0 amide bonds. The average Bonchev–Trinajstić information content (AvgIpc) is 2.40. The average molecular weight is 249 g/mol. The van der Waals surface area contributed by atoms with Crippen LogP contribution in [0.2, 0.25) is 0 Å². The van der Waals surface area contributed by atoms with E-state index in [4.69, 9.17) is 4.74 Å². The van der Waals surface area contributed by atoms with E-state index in [1.165, 1.54) is 6.07 Å². The molecule has 0 radical (unpaired) electrons. The summed E-state index contributed by atoms with van der Waals surface area (Å²) in [7, 11) is 0. The molecule has 2 rings (SSSR count). The Balaban J connectivity index is 2.08. The molecule has 1 aromatic carbocycles. The van der Waals surface area contributed by atoms with Crippen LogP contribution in [0.1, 0.15) is 18.4 Å². The van der Waals surface area contributed by atoms with E-state index in [2.05, 4.69) is 0 Å². The van der Waals surface area contributed by atoms with E-state index in [-0.39, 0.29) is 23.8 Å². The minimum Gasteiger partial charge on any atom is -0.381 e. The third-order valence-corrected chi connectivity index (χ3v) is 3.23. The highest BCUT2D eigenvalue weighted by atomic mass is 16.6. The topological polar surface area (TPSA) is 69.4 Å². The molecule has 1 aliphatic heterocycles. The number of carbonyl (C=O) groups is 1. The van der Waals surface area contributed by atoms with E-state index in [1.807, 2.05) is 0 Å². The minimum absolute atomic E-state index is 0.0152. The van der Waals surface area contributed by atoms with Crippen LogP contribution in [0.15, 0.2) is 24.3 Å². The van der Waals surface area contributed by atoms with Crippen molar-refractivity contribution >= 4 is 11.5 Å². The van der Waals surface area contributed by atoms with Crippen molar-refractivity contribution in [1.82, 2.24) is 0 Å². The molecule has 0 spiro atoms. The maximum absolute atomic E-state index is 12.1. The molecular formula is C13H15NO4. The third kappa shape index (κ3) is 2.92. The highest BCUT2D eigenvalue weighted by Gasteiger charge is 2.24. The number of carbonyl (C=O) groups excluding carboxylic acids is 1. The third-order valence-electron chi connectivity index (χ3n) is 3.23. The van der Waals surface area contributed by atoms with Crippen LogP contribution in [0.5, 0.6) is 0 Å². The molecule has 1 aliphatic rings. The number of ether oxygens (including phenoxy) is 1. The maximum Gasteiger partial charge on any atom is 0.273 e. The number of nitro benzene ring substituents is 1. The molecule has 0 aliphatic carbocycles. The van der Waals surface area contributed by atoms with Gasteiger partial charge in [-0.15, -0.1) is 0 Å². The van der Waals surface area contributed by atoms with E-state index < -0.39 is 4.92 Å². The molecule has 1 saturated heterocycles. The van der Waals surface area contributed by atoms with E-state index in [9.17, 15) is 14.9 Å². The van der Waals surface area contributed by atoms with E-state index in [0.717, 1.165) is 12.8 Å². The van der Waals surface area contributed by atoms with Crippen molar-refractivity contribution in [3.63, 3.8) is 0 Å². The van der Waals surface area contributed by atoms with Gasteiger partial charge in [0.25, 0.3) is 5.69 Å². The zero-order valence-corrected chi connectivity index (χ0v) is 10.0. The van der Waals surface area contributed by atoms with Crippen molar-refractivity contribution in [2.45, 2.75) is 19.3 Å². The van der Waals surface area contributed by atoms with Gasteiger partial charge in [0.05, 0.1) is 4.92 Å². The SMILES string of the molecule is O=C(Cc1ccccc1[N+](=O)[O-])C1CCOCC1. The van der Waals surface area contributed by atoms with Gasteiger partial charge in [-0.25, -0.2) is 0 Å². The number of hydrogen-bond donors (Lipinski definition) is 0. The highest BCUT2D eigenvalue weighted by molar-refractivity contribution is 5.84. The first-order chi connectivity index (χ1) is 8.68. The van der Waals surface area contributed by atoms with E-state index >= 15 is 0 Å². The monoisotopic (exact) mass is 249 g/mol. The van der Waals surface area contributed by atoms with Crippen molar-refractivity contribution in [3.8, 4) is 0 Å². The number of rotatable bonds is 4. The van der Waals surface area contributed by atoms with Crippen molar-refractivity contribution < 1.29 is 14.5 Å². The van der Waals surface area contributed by atoms with Gasteiger partial charge in [-0.2, -0.15) is 0 Å². The number of ketones is 1. The van der Waals surface area contributed by atoms with Crippen molar-refractivity contribution in [2.24, 2.45) is 5.92 Å². The molecular weight excluding hydrogens is 234 g/mol. The predicted molar refractivity (Wildman–Crippen MR) is 65.4 cm³/mol. The van der Waals surface area contributed by atoms with Crippen LogP contribution in [0, 0.1) is 16.0 Å². The molecule has 5 heteroatoms. The second kappa shape index (κ2) is 5.73. The first kappa shape index (κ1) is 12.7. The summed E-state index contributed by atoms with van der Waals surface area (Å²) in [6, 6.07) is 6.42. The molecule has 96 valence electrons. The summed E-state index contributed by atoms with van der Waals surface area (Å²) < 4.78 is 5.20. The van der Waals surface area contributed by atoms with E-state index in [0.29, 0.717) is 18.8 Å². The minimum atomic E-state index is -0.438. The number of nitrogens with zero attached hydrogens (tertiary/aromatic N) is 1. The molecule has 1 aromatic rings. The first-order valence-electron chi connectivity index (χ1n) is 6.01. The van der Waals surface area contributed by atoms with Gasteiger partial charge in [0, 0.05) is 37.2 Å². The van der Waals surface area contributed by atoms with Crippen molar-refractivity contribution in [1.29, 1.82) is 0 Å². The van der Waals surface area contributed by atoms with Gasteiger partial charge in [-0.1, -0.05) is 18.2 Å². The van der Waals surface area contributed by atoms with Crippen LogP contribution in [0.4, 0.5) is 5.69 Å². The van der Waals surface area contributed by atoms with E-state index in [1.54, 1.807) is 18.2 Å². The number of para-hydroxylation sites is 1. The lowest BCUT2D eigenvalue weighted by atomic mass is 9.91. The Morgan fingerprint density at radius 2 is 2.00 bits per heavy atom.